The zero-order valence-corrected chi connectivity index (χ0v) is 10.6. The summed E-state index contributed by atoms with van der Waals surface area (Å²) in [4.78, 5) is 20.6. The molecule has 0 amide bonds. The topological polar surface area (TPSA) is 52.1 Å². The number of carbonyl (C=O) groups is 1. The molecule has 4 heteroatoms. The molecule has 17 heavy (non-hydrogen) atoms. The van der Waals surface area contributed by atoms with E-state index in [2.05, 4.69) is 9.97 Å². The first-order valence-corrected chi connectivity index (χ1v) is 6.17. The monoisotopic (exact) mass is 234 g/mol. The zero-order valence-electron chi connectivity index (χ0n) is 10.6. The van der Waals surface area contributed by atoms with Gasteiger partial charge in [0.2, 0.25) is 0 Å². The molecule has 1 fully saturated rings. The highest BCUT2D eigenvalue weighted by Gasteiger charge is 2.28. The van der Waals surface area contributed by atoms with E-state index in [0.717, 1.165) is 24.4 Å². The van der Waals surface area contributed by atoms with Gasteiger partial charge in [-0.3, -0.25) is 0 Å². The van der Waals surface area contributed by atoms with Crippen molar-refractivity contribution in [2.75, 3.05) is 6.61 Å². The van der Waals surface area contributed by atoms with Gasteiger partial charge in [-0.15, -0.1) is 0 Å². The zero-order chi connectivity index (χ0) is 12.4. The summed E-state index contributed by atoms with van der Waals surface area (Å²) in [5.41, 5.74) is 1.31. The van der Waals surface area contributed by atoms with Crippen LogP contribution in [0.15, 0.2) is 6.20 Å². The van der Waals surface area contributed by atoms with Gasteiger partial charge in [-0.1, -0.05) is 13.8 Å². The molecule has 1 aromatic rings. The first-order chi connectivity index (χ1) is 8.13. The molecule has 0 bridgehead atoms. The Hall–Kier alpha value is -1.45. The van der Waals surface area contributed by atoms with E-state index in [0.29, 0.717) is 18.1 Å². The number of esters is 1. The number of rotatable bonds is 4. The van der Waals surface area contributed by atoms with Crippen molar-refractivity contribution in [2.45, 2.75) is 45.4 Å². The molecule has 1 heterocycles. The predicted octanol–water partition coefficient (Wildman–Crippen LogP) is 2.65. The molecule has 1 aromatic heterocycles. The van der Waals surface area contributed by atoms with Crippen LogP contribution in [0.4, 0.5) is 0 Å². The van der Waals surface area contributed by atoms with Crippen molar-refractivity contribution < 1.29 is 9.53 Å². The molecule has 0 radical (unpaired) electrons. The lowest BCUT2D eigenvalue weighted by Gasteiger charge is -2.11. The summed E-state index contributed by atoms with van der Waals surface area (Å²) in [5, 5.41) is 0. The fraction of sp³-hybridized carbons (Fsp3) is 0.615. The first kappa shape index (κ1) is 12.0. The van der Waals surface area contributed by atoms with Gasteiger partial charge in [0, 0.05) is 12.1 Å². The van der Waals surface area contributed by atoms with E-state index in [9.17, 15) is 4.79 Å². The highest BCUT2D eigenvalue weighted by Crippen LogP contribution is 2.38. The largest absolute Gasteiger partial charge is 0.462 e. The summed E-state index contributed by atoms with van der Waals surface area (Å²) >= 11 is 0. The molecule has 0 saturated heterocycles. The number of ether oxygens (including phenoxy) is 1. The molecule has 0 aromatic carbocycles. The molecule has 1 aliphatic carbocycles. The van der Waals surface area contributed by atoms with Gasteiger partial charge < -0.3 is 4.74 Å². The lowest BCUT2D eigenvalue weighted by molar-refractivity contribution is 0.0523. The smallest absolute Gasteiger partial charge is 0.341 e. The molecular formula is C13H18N2O2. The van der Waals surface area contributed by atoms with Crippen molar-refractivity contribution in [1.82, 2.24) is 9.97 Å². The maximum absolute atomic E-state index is 11.8. The highest BCUT2D eigenvalue weighted by molar-refractivity contribution is 5.90. The van der Waals surface area contributed by atoms with E-state index in [4.69, 9.17) is 4.74 Å². The standard InChI is InChI=1S/C13H18N2O2/c1-4-17-13(16)10-7-14-12(9-5-6-9)15-11(10)8(2)3/h7-9H,4-6H2,1-3H3. The van der Waals surface area contributed by atoms with Crippen LogP contribution >= 0.6 is 0 Å². The van der Waals surface area contributed by atoms with Gasteiger partial charge in [-0.25, -0.2) is 14.8 Å². The average Bonchev–Trinajstić information content (AvgIpc) is 3.12. The fourth-order valence-electron chi connectivity index (χ4n) is 1.75. The molecule has 0 atom stereocenters. The Labute approximate surface area is 101 Å². The normalized spacial score (nSPS) is 15.1. The van der Waals surface area contributed by atoms with Crippen LogP contribution < -0.4 is 0 Å². The Kier molecular flexibility index (Phi) is 3.41. The maximum Gasteiger partial charge on any atom is 0.341 e. The summed E-state index contributed by atoms with van der Waals surface area (Å²) in [5.74, 6) is 1.26. The maximum atomic E-state index is 11.8. The Morgan fingerprint density at radius 3 is 2.76 bits per heavy atom. The number of hydrogen-bond donors (Lipinski definition) is 0. The minimum absolute atomic E-state index is 0.204. The van der Waals surface area contributed by atoms with E-state index in [-0.39, 0.29) is 11.9 Å². The molecular weight excluding hydrogens is 216 g/mol. The van der Waals surface area contributed by atoms with E-state index >= 15 is 0 Å². The number of hydrogen-bond acceptors (Lipinski definition) is 4. The fourth-order valence-corrected chi connectivity index (χ4v) is 1.75. The molecule has 0 unspecified atom stereocenters. The van der Waals surface area contributed by atoms with Crippen molar-refractivity contribution in [3.05, 3.63) is 23.3 Å². The van der Waals surface area contributed by atoms with Crippen LogP contribution in [0.2, 0.25) is 0 Å². The molecule has 1 aliphatic rings. The highest BCUT2D eigenvalue weighted by atomic mass is 16.5. The lowest BCUT2D eigenvalue weighted by atomic mass is 10.1. The summed E-state index contributed by atoms with van der Waals surface area (Å²) in [6.45, 7) is 6.23. The minimum atomic E-state index is -0.321. The molecule has 1 saturated carbocycles. The van der Waals surface area contributed by atoms with Crippen LogP contribution in [0.25, 0.3) is 0 Å². The van der Waals surface area contributed by atoms with Gasteiger partial charge in [0.1, 0.15) is 5.82 Å². The van der Waals surface area contributed by atoms with Gasteiger partial charge >= 0.3 is 5.97 Å². The van der Waals surface area contributed by atoms with E-state index in [1.165, 1.54) is 0 Å². The predicted molar refractivity (Wildman–Crippen MR) is 64.1 cm³/mol. The van der Waals surface area contributed by atoms with Crippen LogP contribution in [0.5, 0.6) is 0 Å². The minimum Gasteiger partial charge on any atom is -0.462 e. The molecule has 0 N–H and O–H groups in total. The molecule has 2 rings (SSSR count). The van der Waals surface area contributed by atoms with E-state index < -0.39 is 0 Å². The van der Waals surface area contributed by atoms with Crippen LogP contribution in [0, 0.1) is 0 Å². The summed E-state index contributed by atoms with van der Waals surface area (Å²) in [7, 11) is 0. The molecule has 0 spiro atoms. The Balaban J connectivity index is 2.33. The van der Waals surface area contributed by atoms with E-state index in [1.807, 2.05) is 13.8 Å². The van der Waals surface area contributed by atoms with Crippen molar-refractivity contribution in [3.63, 3.8) is 0 Å². The third-order valence-electron chi connectivity index (χ3n) is 2.82. The van der Waals surface area contributed by atoms with Crippen LogP contribution in [-0.4, -0.2) is 22.5 Å². The van der Waals surface area contributed by atoms with Gasteiger partial charge in [0.25, 0.3) is 0 Å². The third-order valence-corrected chi connectivity index (χ3v) is 2.82. The Bertz CT molecular complexity index is 425. The van der Waals surface area contributed by atoms with Gasteiger partial charge in [-0.05, 0) is 25.7 Å². The van der Waals surface area contributed by atoms with E-state index in [1.54, 1.807) is 13.1 Å². The third kappa shape index (κ3) is 2.62. The number of carbonyl (C=O) groups excluding carboxylic acids is 1. The van der Waals surface area contributed by atoms with Gasteiger partial charge in [-0.2, -0.15) is 0 Å². The Morgan fingerprint density at radius 2 is 2.24 bits per heavy atom. The molecule has 92 valence electrons. The van der Waals surface area contributed by atoms with Gasteiger partial charge in [0.05, 0.1) is 17.9 Å². The quantitative estimate of drug-likeness (QED) is 0.751. The van der Waals surface area contributed by atoms with Crippen molar-refractivity contribution in [3.8, 4) is 0 Å². The second-order valence-electron chi connectivity index (χ2n) is 4.68. The Morgan fingerprint density at radius 1 is 1.53 bits per heavy atom. The lowest BCUT2D eigenvalue weighted by Crippen LogP contribution is -2.13. The molecule has 0 aliphatic heterocycles. The SMILES string of the molecule is CCOC(=O)c1cnc(C2CC2)nc1C(C)C. The summed E-state index contributed by atoms with van der Waals surface area (Å²) in [6, 6.07) is 0. The second-order valence-corrected chi connectivity index (χ2v) is 4.68. The van der Waals surface area contributed by atoms with Crippen LogP contribution in [0.1, 0.15) is 67.3 Å². The van der Waals surface area contributed by atoms with Crippen LogP contribution in [-0.2, 0) is 4.74 Å². The van der Waals surface area contributed by atoms with Crippen molar-refractivity contribution >= 4 is 5.97 Å². The van der Waals surface area contributed by atoms with Gasteiger partial charge in [0.15, 0.2) is 0 Å². The first-order valence-electron chi connectivity index (χ1n) is 6.17. The summed E-state index contributed by atoms with van der Waals surface area (Å²) in [6.07, 6.45) is 3.94. The number of aromatic nitrogens is 2. The summed E-state index contributed by atoms with van der Waals surface area (Å²) < 4.78 is 5.02. The average molecular weight is 234 g/mol. The van der Waals surface area contributed by atoms with Crippen LogP contribution in [0.3, 0.4) is 0 Å². The second kappa shape index (κ2) is 4.82. The van der Waals surface area contributed by atoms with Crippen molar-refractivity contribution in [1.29, 1.82) is 0 Å². The molecule has 4 nitrogen and oxygen atoms in total. The van der Waals surface area contributed by atoms with Crippen molar-refractivity contribution in [2.24, 2.45) is 0 Å². The number of nitrogens with zero attached hydrogens (tertiary/aromatic N) is 2.